The Bertz CT molecular complexity index is 2450. The fourth-order valence-electron chi connectivity index (χ4n) is 10.6. The van der Waals surface area contributed by atoms with Crippen LogP contribution in [0.5, 0.6) is 0 Å². The first-order valence-electron chi connectivity index (χ1n) is 31.8. The van der Waals surface area contributed by atoms with E-state index in [2.05, 4.69) is 76.2 Å². The third-order valence-electron chi connectivity index (χ3n) is 15.7. The van der Waals surface area contributed by atoms with Crippen LogP contribution in [0.25, 0.3) is 22.8 Å². The Kier molecular flexibility index (Phi) is 29.4. The summed E-state index contributed by atoms with van der Waals surface area (Å²) in [6, 6.07) is 31.8. The molecule has 436 valence electrons. The molecule has 4 atom stereocenters. The minimum absolute atomic E-state index is 0.173. The first-order chi connectivity index (χ1) is 39.7. The monoisotopic (exact) mass is 1100 g/mol. The molecule has 0 N–H and O–H groups in total. The van der Waals surface area contributed by atoms with E-state index in [0.29, 0.717) is 22.8 Å². The van der Waals surface area contributed by atoms with Crippen molar-refractivity contribution in [2.24, 2.45) is 0 Å². The van der Waals surface area contributed by atoms with Crippen molar-refractivity contribution in [1.82, 2.24) is 19.9 Å². The van der Waals surface area contributed by atoms with E-state index in [1.54, 1.807) is 0 Å². The molecule has 0 saturated carbocycles. The second-order valence-electron chi connectivity index (χ2n) is 22.8. The normalized spacial score (nSPS) is 12.9. The van der Waals surface area contributed by atoms with Crippen LogP contribution in [0.15, 0.2) is 122 Å². The highest BCUT2D eigenvalue weighted by atomic mass is 16.5. The molecule has 0 amide bonds. The molecule has 0 radical (unpaired) electrons. The summed E-state index contributed by atoms with van der Waals surface area (Å²) in [4.78, 5) is 46.3. The molecule has 0 saturated heterocycles. The predicted molar refractivity (Wildman–Crippen MR) is 332 cm³/mol. The van der Waals surface area contributed by atoms with Gasteiger partial charge in [0, 0.05) is 35.9 Å². The second-order valence-corrected chi connectivity index (χ2v) is 22.8. The number of esters is 2. The number of aryl methyl sites for hydroxylation is 2. The number of benzene rings is 4. The summed E-state index contributed by atoms with van der Waals surface area (Å²) in [5, 5.41) is 0. The molecule has 0 spiro atoms. The zero-order valence-electron chi connectivity index (χ0n) is 50.5. The van der Waals surface area contributed by atoms with Gasteiger partial charge < -0.3 is 14.2 Å². The van der Waals surface area contributed by atoms with Gasteiger partial charge in [0.05, 0.1) is 23.3 Å². The van der Waals surface area contributed by atoms with E-state index in [9.17, 15) is 9.59 Å². The molecule has 6 rings (SSSR count). The van der Waals surface area contributed by atoms with Gasteiger partial charge in [-0.05, 0) is 123 Å². The SMILES string of the molecule is CCCCCCCCCCc1cnc(-c2ccc(C(OC(c3ccc(C(=O)OC(C)CCCCCC)cc3)c3ccc(-c4ncc(CCCCCCCCCC)cn4)cc3)c3ccc(C(=O)OC(C)CCCCCC)cc3)cc2)nc1. The van der Waals surface area contributed by atoms with Gasteiger partial charge in [0.2, 0.25) is 0 Å². The summed E-state index contributed by atoms with van der Waals surface area (Å²) in [7, 11) is 0. The molecular formula is C72H98N4O5. The van der Waals surface area contributed by atoms with Crippen LogP contribution in [0.3, 0.4) is 0 Å². The van der Waals surface area contributed by atoms with Crippen molar-refractivity contribution in [2.45, 2.75) is 246 Å². The number of rotatable bonds is 40. The van der Waals surface area contributed by atoms with Crippen LogP contribution >= 0.6 is 0 Å². The average Bonchev–Trinajstić information content (AvgIpc) is 3.56. The molecule has 0 bridgehead atoms. The zero-order chi connectivity index (χ0) is 57.3. The van der Waals surface area contributed by atoms with Crippen LogP contribution in [0.4, 0.5) is 0 Å². The van der Waals surface area contributed by atoms with Crippen LogP contribution in [0.2, 0.25) is 0 Å². The Morgan fingerprint density at radius 1 is 0.358 bits per heavy atom. The number of nitrogens with zero attached hydrogens (tertiary/aromatic N) is 4. The van der Waals surface area contributed by atoms with Crippen molar-refractivity contribution in [2.75, 3.05) is 0 Å². The fourth-order valence-corrected chi connectivity index (χ4v) is 10.6. The fraction of sp³-hybridized carbons (Fsp3) is 0.528. The number of unbranched alkanes of at least 4 members (excludes halogenated alkanes) is 20. The lowest BCUT2D eigenvalue weighted by Crippen LogP contribution is -2.16. The number of aromatic nitrogens is 4. The lowest BCUT2D eigenvalue weighted by Gasteiger charge is -2.27. The first kappa shape index (κ1) is 64.1. The van der Waals surface area contributed by atoms with E-state index in [-0.39, 0.29) is 24.1 Å². The minimum atomic E-state index is -0.587. The van der Waals surface area contributed by atoms with Gasteiger partial charge in [-0.2, -0.15) is 0 Å². The van der Waals surface area contributed by atoms with Crippen molar-refractivity contribution < 1.29 is 23.8 Å². The molecule has 81 heavy (non-hydrogen) atoms. The van der Waals surface area contributed by atoms with E-state index in [1.807, 2.05) is 87.2 Å². The van der Waals surface area contributed by atoms with Gasteiger partial charge in [-0.3, -0.25) is 0 Å². The Morgan fingerprint density at radius 2 is 0.630 bits per heavy atom. The lowest BCUT2D eigenvalue weighted by atomic mass is 9.95. The third-order valence-corrected chi connectivity index (χ3v) is 15.7. The van der Waals surface area contributed by atoms with Crippen LogP contribution < -0.4 is 0 Å². The molecule has 4 unspecified atom stereocenters. The highest BCUT2D eigenvalue weighted by Gasteiger charge is 2.26. The van der Waals surface area contributed by atoms with E-state index in [0.717, 1.165) is 122 Å². The maximum atomic E-state index is 13.5. The molecule has 2 heterocycles. The average molecular weight is 1100 g/mol. The molecule has 0 aliphatic carbocycles. The van der Waals surface area contributed by atoms with Gasteiger partial charge in [0.1, 0.15) is 12.2 Å². The summed E-state index contributed by atoms with van der Waals surface area (Å²) in [5.74, 6) is 0.677. The Hall–Kier alpha value is -6.06. The Balaban J connectivity index is 1.26. The van der Waals surface area contributed by atoms with Crippen molar-refractivity contribution in [3.8, 4) is 22.8 Å². The van der Waals surface area contributed by atoms with E-state index < -0.39 is 12.2 Å². The van der Waals surface area contributed by atoms with E-state index in [1.165, 1.54) is 103 Å². The van der Waals surface area contributed by atoms with Crippen LogP contribution in [-0.2, 0) is 27.1 Å². The minimum Gasteiger partial charge on any atom is -0.459 e. The van der Waals surface area contributed by atoms with Crippen LogP contribution in [0, 0.1) is 0 Å². The van der Waals surface area contributed by atoms with Gasteiger partial charge in [0.15, 0.2) is 11.6 Å². The van der Waals surface area contributed by atoms with Crippen molar-refractivity contribution in [3.63, 3.8) is 0 Å². The Morgan fingerprint density at radius 3 is 0.938 bits per heavy atom. The topological polar surface area (TPSA) is 113 Å². The standard InChI is InChI=1S/C72H98N4O5/c1-7-11-15-19-21-23-25-29-33-57-51-73-69(74-52-57)63-43-35-59(36-44-63)67(61-39-47-65(48-40-61)71(77)79-55(5)31-27-17-13-9-3)81-68(62-41-49-66(50-42-62)72(78)80-56(6)32-28-18-14-10-4)60-37-45-64(46-38-60)70-75-53-58(54-76-70)34-30-26-24-22-20-16-12-8-2/h35-56,67-68H,7-34H2,1-6H3. The largest absolute Gasteiger partial charge is 0.459 e. The molecule has 4 aromatic carbocycles. The number of hydrogen-bond acceptors (Lipinski definition) is 9. The summed E-state index contributed by atoms with van der Waals surface area (Å²) in [5.41, 5.74) is 8.68. The lowest BCUT2D eigenvalue weighted by molar-refractivity contribution is 0.0298. The quantitative estimate of drug-likeness (QED) is 0.0274. The summed E-state index contributed by atoms with van der Waals surface area (Å²) in [6.07, 6.45) is 39.6. The molecule has 2 aromatic heterocycles. The highest BCUT2D eigenvalue weighted by molar-refractivity contribution is 5.90. The molecule has 9 heteroatoms. The number of ether oxygens (including phenoxy) is 3. The molecular weight excluding hydrogens is 1000 g/mol. The summed E-state index contributed by atoms with van der Waals surface area (Å²) in [6.45, 7) is 12.9. The predicted octanol–water partition coefficient (Wildman–Crippen LogP) is 19.9. The van der Waals surface area contributed by atoms with Gasteiger partial charge in [0.25, 0.3) is 0 Å². The maximum absolute atomic E-state index is 13.5. The molecule has 9 nitrogen and oxygen atoms in total. The smallest absolute Gasteiger partial charge is 0.338 e. The van der Waals surface area contributed by atoms with Gasteiger partial charge in [-0.15, -0.1) is 0 Å². The van der Waals surface area contributed by atoms with Crippen molar-refractivity contribution >= 4 is 11.9 Å². The van der Waals surface area contributed by atoms with E-state index >= 15 is 0 Å². The molecule has 0 aliphatic rings. The molecule has 6 aromatic rings. The second kappa shape index (κ2) is 37.1. The van der Waals surface area contributed by atoms with Gasteiger partial charge >= 0.3 is 11.9 Å². The third kappa shape index (κ3) is 22.7. The van der Waals surface area contributed by atoms with Crippen LogP contribution in [-0.4, -0.2) is 44.1 Å². The Labute approximate surface area is 488 Å². The van der Waals surface area contributed by atoms with Crippen molar-refractivity contribution in [3.05, 3.63) is 166 Å². The maximum Gasteiger partial charge on any atom is 0.338 e. The van der Waals surface area contributed by atoms with E-state index in [4.69, 9.17) is 34.1 Å². The highest BCUT2D eigenvalue weighted by Crippen LogP contribution is 2.38. The molecule has 0 fully saturated rings. The first-order valence-corrected chi connectivity index (χ1v) is 31.8. The van der Waals surface area contributed by atoms with Gasteiger partial charge in [-0.1, -0.05) is 229 Å². The number of hydrogen-bond donors (Lipinski definition) is 0. The van der Waals surface area contributed by atoms with Crippen LogP contribution in [0.1, 0.15) is 275 Å². The van der Waals surface area contributed by atoms with Gasteiger partial charge in [-0.25, -0.2) is 29.5 Å². The number of carbonyl (C=O) groups is 2. The zero-order valence-corrected chi connectivity index (χ0v) is 50.5. The van der Waals surface area contributed by atoms with Crippen molar-refractivity contribution in [1.29, 1.82) is 0 Å². The summed E-state index contributed by atoms with van der Waals surface area (Å²) >= 11 is 0. The summed E-state index contributed by atoms with van der Waals surface area (Å²) < 4.78 is 19.3. The molecule has 0 aliphatic heterocycles. The number of carbonyl (C=O) groups excluding carboxylic acids is 2.